The van der Waals surface area contributed by atoms with Crippen molar-refractivity contribution >= 4 is 29.1 Å². The van der Waals surface area contributed by atoms with Crippen molar-refractivity contribution in [1.29, 1.82) is 0 Å². The van der Waals surface area contributed by atoms with Crippen LogP contribution in [0.3, 0.4) is 0 Å². The minimum atomic E-state index is -2.04. The maximum absolute atomic E-state index is 15.2. The molecule has 1 aromatic heterocycles. The molecule has 0 unspecified atom stereocenters. The smallest absolute Gasteiger partial charge is 0.258 e. The maximum atomic E-state index is 15.2. The molecule has 1 aliphatic carbocycles. The van der Waals surface area contributed by atoms with Crippen LogP contribution in [0.25, 0.3) is 10.4 Å². The fourth-order valence-electron chi connectivity index (χ4n) is 4.74. The molecule has 2 fully saturated rings. The number of amides is 3. The number of carbonyl (C=O) groups excluding carboxylic acids is 3. The fraction of sp³-hybridized carbons (Fsp3) is 0.586. The van der Waals surface area contributed by atoms with Gasteiger partial charge >= 0.3 is 0 Å². The highest BCUT2D eigenvalue weighted by atomic mass is 32.1. The molecule has 41 heavy (non-hydrogen) atoms. The molecule has 12 heteroatoms. The molecule has 0 bridgehead atoms. The lowest BCUT2D eigenvalue weighted by Crippen LogP contribution is -2.57. The van der Waals surface area contributed by atoms with Crippen molar-refractivity contribution < 1.29 is 33.0 Å². The molecule has 0 radical (unpaired) electrons. The molecule has 0 spiro atoms. The molecule has 1 aromatic carbocycles. The first-order valence-corrected chi connectivity index (χ1v) is 14.6. The number of likely N-dealkylation sites (tertiary alicyclic amines) is 1. The number of carbonyl (C=O) groups is 3. The molecule has 1 aliphatic heterocycles. The van der Waals surface area contributed by atoms with Gasteiger partial charge in [0.2, 0.25) is 11.8 Å². The Labute approximate surface area is 242 Å². The number of halogens is 2. The van der Waals surface area contributed by atoms with Crippen LogP contribution in [0.4, 0.5) is 8.78 Å². The summed E-state index contributed by atoms with van der Waals surface area (Å²) in [5, 5.41) is 15.4. The van der Waals surface area contributed by atoms with Crippen molar-refractivity contribution in [1.82, 2.24) is 20.5 Å². The Kier molecular flexibility index (Phi) is 8.75. The summed E-state index contributed by atoms with van der Waals surface area (Å²) in [6, 6.07) is 2.76. The first-order chi connectivity index (χ1) is 19.1. The number of nitrogens with one attached hydrogen (secondary N) is 2. The summed E-state index contributed by atoms with van der Waals surface area (Å²) in [6.07, 6.45) is -3.48. The summed E-state index contributed by atoms with van der Waals surface area (Å²) in [4.78, 5) is 45.3. The lowest BCUT2D eigenvalue weighted by Gasteiger charge is -2.31. The van der Waals surface area contributed by atoms with Gasteiger partial charge in [-0.2, -0.15) is 0 Å². The van der Waals surface area contributed by atoms with Crippen LogP contribution in [-0.4, -0.2) is 74.9 Å². The number of rotatable bonds is 9. The minimum absolute atomic E-state index is 0.0255. The number of ether oxygens (including phenoxy) is 1. The molecular weight excluding hydrogens is 554 g/mol. The van der Waals surface area contributed by atoms with Gasteiger partial charge in [0.1, 0.15) is 29.5 Å². The maximum Gasteiger partial charge on any atom is 0.258 e. The normalized spacial score (nSPS) is 22.4. The number of β-amino-alcohol motifs (C(OH)–C–C–N with tert-alkyl or cyclic N) is 1. The van der Waals surface area contributed by atoms with Crippen LogP contribution in [0.15, 0.2) is 23.7 Å². The standard InChI is InChI=1S/C29H38F2N4O5S/c1-15(2)22(34-27(39)29(31)9-10-29)26(38)35-13-19(36)21(30)23(35)25(37)32-12-18-8-7-17(24-16(3)33-14-41-24)11-20(18)40-28(4,5)6/h7-8,11,14-15,19,21-23,36H,9-10,12-13H2,1-6H3,(H,32,37)(H,34,39)/t19-,21-,22-,23-/m0/s1. The average molecular weight is 593 g/mol. The van der Waals surface area contributed by atoms with Crippen LogP contribution in [0.5, 0.6) is 5.75 Å². The summed E-state index contributed by atoms with van der Waals surface area (Å²) in [6.45, 7) is 10.5. The van der Waals surface area contributed by atoms with Gasteiger partial charge in [0.15, 0.2) is 11.8 Å². The topological polar surface area (TPSA) is 121 Å². The summed E-state index contributed by atoms with van der Waals surface area (Å²) >= 11 is 1.50. The first-order valence-electron chi connectivity index (χ1n) is 13.7. The van der Waals surface area contributed by atoms with Crippen LogP contribution < -0.4 is 15.4 Å². The van der Waals surface area contributed by atoms with E-state index in [1.165, 1.54) is 11.3 Å². The average Bonchev–Trinajstić information content (AvgIpc) is 3.38. The van der Waals surface area contributed by atoms with Gasteiger partial charge in [-0.05, 0) is 58.1 Å². The van der Waals surface area contributed by atoms with Crippen molar-refractivity contribution in [2.24, 2.45) is 5.92 Å². The van der Waals surface area contributed by atoms with Gasteiger partial charge in [-0.3, -0.25) is 14.4 Å². The van der Waals surface area contributed by atoms with Crippen molar-refractivity contribution in [2.75, 3.05) is 6.54 Å². The quantitative estimate of drug-likeness (QED) is 0.410. The molecule has 2 aromatic rings. The summed E-state index contributed by atoms with van der Waals surface area (Å²) < 4.78 is 35.6. The van der Waals surface area contributed by atoms with Gasteiger partial charge in [0.25, 0.3) is 5.91 Å². The number of thiazole rings is 1. The number of aliphatic hydroxyl groups is 1. The molecule has 2 aliphatic rings. The zero-order valence-corrected chi connectivity index (χ0v) is 25.0. The summed E-state index contributed by atoms with van der Waals surface area (Å²) in [5.41, 5.74) is 1.64. The van der Waals surface area contributed by atoms with Gasteiger partial charge in [-0.25, -0.2) is 13.8 Å². The molecule has 3 amide bonds. The Hall–Kier alpha value is -3.12. The predicted molar refractivity (Wildman–Crippen MR) is 151 cm³/mol. The Morgan fingerprint density at radius 2 is 1.95 bits per heavy atom. The number of benzene rings is 1. The zero-order valence-electron chi connectivity index (χ0n) is 24.2. The minimum Gasteiger partial charge on any atom is -0.488 e. The molecule has 2 heterocycles. The number of aliphatic hydroxyl groups excluding tert-OH is 1. The van der Waals surface area contributed by atoms with Gasteiger partial charge in [-0.1, -0.05) is 26.0 Å². The summed E-state index contributed by atoms with van der Waals surface area (Å²) in [5.74, 6) is -2.39. The third-order valence-electron chi connectivity index (χ3n) is 7.20. The molecule has 224 valence electrons. The van der Waals surface area contributed by atoms with Crippen molar-refractivity contribution in [3.63, 3.8) is 0 Å². The molecule has 1 saturated heterocycles. The van der Waals surface area contributed by atoms with E-state index in [4.69, 9.17) is 4.74 Å². The van der Waals surface area contributed by atoms with E-state index in [0.29, 0.717) is 11.3 Å². The van der Waals surface area contributed by atoms with E-state index in [2.05, 4.69) is 15.6 Å². The third-order valence-corrected chi connectivity index (χ3v) is 8.18. The first kappa shape index (κ1) is 30.8. The van der Waals surface area contributed by atoms with Crippen molar-refractivity contribution in [3.8, 4) is 16.2 Å². The van der Waals surface area contributed by atoms with Crippen LogP contribution in [0.1, 0.15) is 58.7 Å². The fourth-order valence-corrected chi connectivity index (χ4v) is 5.55. The number of nitrogens with zero attached hydrogens (tertiary/aromatic N) is 2. The highest BCUT2D eigenvalue weighted by Gasteiger charge is 2.53. The number of aromatic nitrogens is 1. The van der Waals surface area contributed by atoms with Crippen LogP contribution >= 0.6 is 11.3 Å². The predicted octanol–water partition coefficient (Wildman–Crippen LogP) is 3.46. The number of alkyl halides is 2. The highest BCUT2D eigenvalue weighted by molar-refractivity contribution is 7.13. The van der Waals surface area contributed by atoms with Crippen LogP contribution in [0, 0.1) is 12.8 Å². The SMILES string of the molecule is Cc1ncsc1-c1ccc(CNC(=O)[C@@H]2[C@@H](F)[C@@H](O)CN2C(=O)[C@@H](NC(=O)C2(F)CC2)C(C)C)c(OC(C)(C)C)c1. The van der Waals surface area contributed by atoms with Gasteiger partial charge in [-0.15, -0.1) is 11.3 Å². The number of aryl methyl sites for hydroxylation is 1. The molecule has 9 nitrogen and oxygen atoms in total. The van der Waals surface area contributed by atoms with Crippen LogP contribution in [-0.2, 0) is 20.9 Å². The van der Waals surface area contributed by atoms with E-state index in [0.717, 1.165) is 21.0 Å². The molecule has 3 N–H and O–H groups in total. The molecule has 4 atom stereocenters. The van der Waals surface area contributed by atoms with E-state index < -0.39 is 65.8 Å². The Morgan fingerprint density at radius 3 is 2.51 bits per heavy atom. The van der Waals surface area contributed by atoms with Gasteiger partial charge < -0.3 is 25.4 Å². The zero-order chi connectivity index (χ0) is 30.3. The third kappa shape index (κ3) is 6.86. The highest BCUT2D eigenvalue weighted by Crippen LogP contribution is 2.40. The van der Waals surface area contributed by atoms with E-state index >= 15 is 4.39 Å². The molecule has 1 saturated carbocycles. The van der Waals surface area contributed by atoms with Crippen molar-refractivity contribution in [3.05, 3.63) is 35.0 Å². The van der Waals surface area contributed by atoms with E-state index in [1.807, 2.05) is 45.9 Å². The Balaban J connectivity index is 1.53. The van der Waals surface area contributed by atoms with Gasteiger partial charge in [0, 0.05) is 12.1 Å². The van der Waals surface area contributed by atoms with E-state index in [1.54, 1.807) is 19.4 Å². The Morgan fingerprint density at radius 1 is 1.27 bits per heavy atom. The molecule has 4 rings (SSSR count). The monoisotopic (exact) mass is 592 g/mol. The second-order valence-corrected chi connectivity index (χ2v) is 13.0. The lowest BCUT2D eigenvalue weighted by molar-refractivity contribution is -0.144. The lowest BCUT2D eigenvalue weighted by atomic mass is 10.0. The van der Waals surface area contributed by atoms with Gasteiger partial charge in [0.05, 0.1) is 22.6 Å². The Bertz CT molecular complexity index is 1310. The van der Waals surface area contributed by atoms with Crippen LogP contribution in [0.2, 0.25) is 0 Å². The molecular formula is C29H38F2N4O5S. The summed E-state index contributed by atoms with van der Waals surface area (Å²) in [7, 11) is 0. The van der Waals surface area contributed by atoms with E-state index in [9.17, 15) is 23.9 Å². The number of hydrogen-bond acceptors (Lipinski definition) is 7. The second kappa shape index (κ2) is 11.6. The van der Waals surface area contributed by atoms with E-state index in [-0.39, 0.29) is 19.4 Å². The largest absolute Gasteiger partial charge is 0.488 e. The van der Waals surface area contributed by atoms with Crippen molar-refractivity contribution in [2.45, 2.75) is 96.6 Å². The second-order valence-electron chi connectivity index (χ2n) is 12.1. The number of hydrogen-bond donors (Lipinski definition) is 3.